The van der Waals surface area contributed by atoms with Gasteiger partial charge in [0.05, 0.1) is 0 Å². The average molecular weight is 195 g/mol. The zero-order chi connectivity index (χ0) is 10.6. The van der Waals surface area contributed by atoms with Gasteiger partial charge in [0.2, 0.25) is 5.91 Å². The lowest BCUT2D eigenvalue weighted by Gasteiger charge is -2.04. The van der Waals surface area contributed by atoms with Crippen LogP contribution in [0.4, 0.5) is 5.82 Å². The standard InChI is InChI=1S/C7H9N5O2/c1-4(13)11-7-5(6(8)12-14)9-2-3-10-7/h2-3,14H,1H3,(H2,8,12)(H,10,11,13). The molecular weight excluding hydrogens is 186 g/mol. The van der Waals surface area contributed by atoms with Crippen LogP contribution in [0.15, 0.2) is 17.5 Å². The summed E-state index contributed by atoms with van der Waals surface area (Å²) in [5.41, 5.74) is 5.45. The maximum atomic E-state index is 10.8. The number of nitrogens with two attached hydrogens (primary N) is 1. The molecule has 0 aromatic carbocycles. The van der Waals surface area contributed by atoms with Gasteiger partial charge >= 0.3 is 0 Å². The monoisotopic (exact) mass is 195 g/mol. The normalized spacial score (nSPS) is 11.1. The highest BCUT2D eigenvalue weighted by Gasteiger charge is 2.10. The number of aromatic nitrogens is 2. The summed E-state index contributed by atoms with van der Waals surface area (Å²) < 4.78 is 0. The molecule has 7 nitrogen and oxygen atoms in total. The van der Waals surface area contributed by atoms with Crippen LogP contribution in [0.2, 0.25) is 0 Å². The Hall–Kier alpha value is -2.18. The maximum absolute atomic E-state index is 10.8. The van der Waals surface area contributed by atoms with Crippen LogP contribution >= 0.6 is 0 Å². The number of oxime groups is 1. The molecule has 1 aromatic rings. The first-order chi connectivity index (χ1) is 6.65. The first-order valence-electron chi connectivity index (χ1n) is 3.71. The minimum Gasteiger partial charge on any atom is -0.409 e. The van der Waals surface area contributed by atoms with E-state index in [0.29, 0.717) is 0 Å². The molecule has 0 radical (unpaired) electrons. The molecular formula is C7H9N5O2. The Morgan fingerprint density at radius 2 is 2.21 bits per heavy atom. The molecule has 0 aliphatic heterocycles. The fourth-order valence-electron chi connectivity index (χ4n) is 0.831. The number of hydrogen-bond acceptors (Lipinski definition) is 5. The summed E-state index contributed by atoms with van der Waals surface area (Å²) in [5.74, 6) is -0.352. The lowest BCUT2D eigenvalue weighted by atomic mass is 10.3. The van der Waals surface area contributed by atoms with Gasteiger partial charge in [0.1, 0.15) is 0 Å². The highest BCUT2D eigenvalue weighted by atomic mass is 16.4. The third kappa shape index (κ3) is 2.16. The average Bonchev–Trinajstić information content (AvgIpc) is 2.16. The van der Waals surface area contributed by atoms with Gasteiger partial charge < -0.3 is 16.3 Å². The van der Waals surface area contributed by atoms with Crippen molar-refractivity contribution in [2.24, 2.45) is 10.9 Å². The van der Waals surface area contributed by atoms with Crippen molar-refractivity contribution in [2.75, 3.05) is 5.32 Å². The molecule has 0 aliphatic carbocycles. The Bertz CT molecular complexity index is 376. The molecule has 1 heterocycles. The van der Waals surface area contributed by atoms with Crippen molar-refractivity contribution in [1.29, 1.82) is 0 Å². The second-order valence-electron chi connectivity index (χ2n) is 2.42. The van der Waals surface area contributed by atoms with E-state index in [1.165, 1.54) is 19.3 Å². The third-order valence-corrected chi connectivity index (χ3v) is 1.34. The van der Waals surface area contributed by atoms with Crippen molar-refractivity contribution in [3.05, 3.63) is 18.1 Å². The van der Waals surface area contributed by atoms with Crippen LogP contribution in [0.1, 0.15) is 12.6 Å². The van der Waals surface area contributed by atoms with Crippen LogP contribution in [0.25, 0.3) is 0 Å². The quantitative estimate of drug-likeness (QED) is 0.255. The number of rotatable bonds is 2. The molecule has 0 aliphatic rings. The number of nitrogens with one attached hydrogen (secondary N) is 1. The van der Waals surface area contributed by atoms with Crippen molar-refractivity contribution in [1.82, 2.24) is 9.97 Å². The zero-order valence-electron chi connectivity index (χ0n) is 7.43. The van der Waals surface area contributed by atoms with Gasteiger partial charge in [0, 0.05) is 19.3 Å². The molecule has 0 saturated heterocycles. The second-order valence-corrected chi connectivity index (χ2v) is 2.42. The molecule has 4 N–H and O–H groups in total. The highest BCUT2D eigenvalue weighted by Crippen LogP contribution is 2.06. The summed E-state index contributed by atoms with van der Waals surface area (Å²) in [6.07, 6.45) is 2.76. The predicted octanol–water partition coefficient (Wildman–Crippen LogP) is -0.471. The van der Waals surface area contributed by atoms with E-state index in [1.807, 2.05) is 0 Å². The van der Waals surface area contributed by atoms with Crippen LogP contribution in [0.3, 0.4) is 0 Å². The Balaban J connectivity index is 3.09. The third-order valence-electron chi connectivity index (χ3n) is 1.34. The van der Waals surface area contributed by atoms with E-state index >= 15 is 0 Å². The Morgan fingerprint density at radius 1 is 1.57 bits per heavy atom. The first-order valence-corrected chi connectivity index (χ1v) is 3.71. The van der Waals surface area contributed by atoms with Crippen LogP contribution in [0, 0.1) is 0 Å². The lowest BCUT2D eigenvalue weighted by Crippen LogP contribution is -2.20. The summed E-state index contributed by atoms with van der Waals surface area (Å²) in [6.45, 7) is 1.32. The predicted molar refractivity (Wildman–Crippen MR) is 48.8 cm³/mol. The van der Waals surface area contributed by atoms with E-state index in [2.05, 4.69) is 20.4 Å². The largest absolute Gasteiger partial charge is 0.409 e. The Morgan fingerprint density at radius 3 is 2.79 bits per heavy atom. The molecule has 0 unspecified atom stereocenters. The molecule has 0 fully saturated rings. The van der Waals surface area contributed by atoms with E-state index in [1.54, 1.807) is 0 Å². The number of amides is 1. The van der Waals surface area contributed by atoms with Crippen molar-refractivity contribution in [2.45, 2.75) is 6.92 Å². The summed E-state index contributed by atoms with van der Waals surface area (Å²) in [7, 11) is 0. The molecule has 1 rings (SSSR count). The fraction of sp³-hybridized carbons (Fsp3) is 0.143. The maximum Gasteiger partial charge on any atom is 0.222 e. The van der Waals surface area contributed by atoms with Crippen LogP contribution < -0.4 is 11.1 Å². The highest BCUT2D eigenvalue weighted by molar-refractivity contribution is 6.02. The topological polar surface area (TPSA) is 113 Å². The van der Waals surface area contributed by atoms with Crippen molar-refractivity contribution >= 4 is 17.6 Å². The van der Waals surface area contributed by atoms with Gasteiger partial charge in [0.25, 0.3) is 0 Å². The molecule has 74 valence electrons. The summed E-state index contributed by atoms with van der Waals surface area (Å²) >= 11 is 0. The SMILES string of the molecule is CC(=O)Nc1nccnc1/C(N)=N/O. The minimum atomic E-state index is -0.308. The number of amidine groups is 1. The Kier molecular flexibility index (Phi) is 2.95. The van der Waals surface area contributed by atoms with E-state index in [0.717, 1.165) is 0 Å². The first kappa shape index (κ1) is 9.90. The number of carbonyl (C=O) groups is 1. The number of hydrogen-bond donors (Lipinski definition) is 3. The number of carbonyl (C=O) groups excluding carboxylic acids is 1. The summed E-state index contributed by atoms with van der Waals surface area (Å²) in [5, 5.41) is 13.6. The van der Waals surface area contributed by atoms with Crippen LogP contribution in [0.5, 0.6) is 0 Å². The smallest absolute Gasteiger partial charge is 0.222 e. The van der Waals surface area contributed by atoms with Crippen LogP contribution in [-0.4, -0.2) is 26.9 Å². The zero-order valence-corrected chi connectivity index (χ0v) is 7.43. The molecule has 14 heavy (non-hydrogen) atoms. The van der Waals surface area contributed by atoms with Crippen molar-refractivity contribution in [3.63, 3.8) is 0 Å². The summed E-state index contributed by atoms with van der Waals surface area (Å²) in [6, 6.07) is 0. The molecule has 7 heteroatoms. The second kappa shape index (κ2) is 4.17. The summed E-state index contributed by atoms with van der Waals surface area (Å²) in [4.78, 5) is 18.4. The molecule has 0 atom stereocenters. The van der Waals surface area contributed by atoms with Gasteiger partial charge in [0.15, 0.2) is 17.3 Å². The van der Waals surface area contributed by atoms with E-state index in [9.17, 15) is 4.79 Å². The molecule has 0 saturated carbocycles. The fourth-order valence-corrected chi connectivity index (χ4v) is 0.831. The minimum absolute atomic E-state index is 0.130. The molecule has 1 amide bonds. The van der Waals surface area contributed by atoms with Gasteiger partial charge in [-0.05, 0) is 0 Å². The number of anilines is 1. The van der Waals surface area contributed by atoms with Gasteiger partial charge in [-0.2, -0.15) is 0 Å². The van der Waals surface area contributed by atoms with Crippen molar-refractivity contribution < 1.29 is 10.0 Å². The van der Waals surface area contributed by atoms with Gasteiger partial charge in [-0.3, -0.25) is 4.79 Å². The number of nitrogens with zero attached hydrogens (tertiary/aromatic N) is 3. The molecule has 0 bridgehead atoms. The van der Waals surface area contributed by atoms with Gasteiger partial charge in [-0.25, -0.2) is 9.97 Å². The lowest BCUT2D eigenvalue weighted by molar-refractivity contribution is -0.114. The van der Waals surface area contributed by atoms with Gasteiger partial charge in [-0.1, -0.05) is 5.16 Å². The molecule has 0 spiro atoms. The van der Waals surface area contributed by atoms with Crippen molar-refractivity contribution in [3.8, 4) is 0 Å². The van der Waals surface area contributed by atoms with E-state index in [-0.39, 0.29) is 23.3 Å². The molecule has 1 aromatic heterocycles. The van der Waals surface area contributed by atoms with E-state index < -0.39 is 0 Å². The van der Waals surface area contributed by atoms with Crippen LogP contribution in [-0.2, 0) is 4.79 Å². The Labute approximate surface area is 79.7 Å². The van der Waals surface area contributed by atoms with Gasteiger partial charge in [-0.15, -0.1) is 0 Å². The van der Waals surface area contributed by atoms with E-state index in [4.69, 9.17) is 10.9 Å².